The minimum atomic E-state index is -0.168. The normalized spacial score (nSPS) is 21.1. The first-order valence-electron chi connectivity index (χ1n) is 14.2. The van der Waals surface area contributed by atoms with Gasteiger partial charge in [0.2, 0.25) is 0 Å². The van der Waals surface area contributed by atoms with Crippen LogP contribution in [0.4, 0.5) is 0 Å². The van der Waals surface area contributed by atoms with Crippen molar-refractivity contribution < 1.29 is 14.3 Å². The lowest BCUT2D eigenvalue weighted by molar-refractivity contribution is -0.0115. The Morgan fingerprint density at radius 2 is 1.50 bits per heavy atom. The van der Waals surface area contributed by atoms with Gasteiger partial charge in [-0.2, -0.15) is 0 Å². The summed E-state index contributed by atoms with van der Waals surface area (Å²) in [7, 11) is 1.60. The maximum atomic E-state index is 10.8. The molecule has 0 N–H and O–H groups in total. The minimum absolute atomic E-state index is 0.0765. The molecule has 0 bridgehead atoms. The zero-order chi connectivity index (χ0) is 28.0. The molecule has 1 aliphatic heterocycles. The summed E-state index contributed by atoms with van der Waals surface area (Å²) in [4.78, 5) is 21.1. The molecule has 0 amide bonds. The van der Waals surface area contributed by atoms with Crippen molar-refractivity contribution in [1.29, 1.82) is 0 Å². The number of hydrogen-bond acceptors (Lipinski definition) is 5. The van der Waals surface area contributed by atoms with E-state index in [1.54, 1.807) is 38.3 Å². The molecule has 40 heavy (non-hydrogen) atoms. The number of ether oxygens (including phenoxy) is 2. The lowest BCUT2D eigenvalue weighted by atomic mass is 9.64. The molecular formula is C35H36N2O3. The smallest absolute Gasteiger partial charge is 0.159 e. The fourth-order valence-corrected chi connectivity index (χ4v) is 6.67. The molecule has 0 spiro atoms. The Bertz CT molecular complexity index is 1720. The van der Waals surface area contributed by atoms with Crippen LogP contribution in [0, 0.1) is 11.8 Å². The van der Waals surface area contributed by atoms with E-state index < -0.39 is 0 Å². The summed E-state index contributed by atoms with van der Waals surface area (Å²) in [6.45, 7) is 8.48. The van der Waals surface area contributed by atoms with E-state index in [4.69, 9.17) is 19.4 Å². The number of carbonyl (C=O) groups excluding carboxylic acids is 1. The van der Waals surface area contributed by atoms with Gasteiger partial charge in [-0.1, -0.05) is 49.7 Å². The van der Waals surface area contributed by atoms with E-state index in [-0.39, 0.29) is 11.4 Å². The second-order valence-corrected chi connectivity index (χ2v) is 11.8. The number of hydrogen-bond donors (Lipinski definition) is 0. The van der Waals surface area contributed by atoms with Crippen molar-refractivity contribution in [3.63, 3.8) is 0 Å². The Labute approximate surface area is 235 Å². The molecule has 2 unspecified atom stereocenters. The molecule has 5 heteroatoms. The van der Waals surface area contributed by atoms with Gasteiger partial charge in [-0.25, -0.2) is 9.97 Å². The maximum Gasteiger partial charge on any atom is 0.159 e. The first-order valence-corrected chi connectivity index (χ1v) is 14.2. The van der Waals surface area contributed by atoms with Gasteiger partial charge in [0.05, 0.1) is 29.2 Å². The van der Waals surface area contributed by atoms with Crippen LogP contribution in [0.2, 0.25) is 0 Å². The molecule has 1 aliphatic carbocycles. The summed E-state index contributed by atoms with van der Waals surface area (Å²) >= 11 is 0. The van der Waals surface area contributed by atoms with Gasteiger partial charge >= 0.3 is 0 Å². The number of aromatic nitrogens is 2. The summed E-state index contributed by atoms with van der Waals surface area (Å²) in [5.41, 5.74) is 5.81. The lowest BCUT2D eigenvalue weighted by Gasteiger charge is -2.49. The Morgan fingerprint density at radius 1 is 0.875 bits per heavy atom. The molecule has 0 radical (unpaired) electrons. The molecule has 7 rings (SSSR count). The summed E-state index contributed by atoms with van der Waals surface area (Å²) in [5.74, 6) is 3.61. The number of benzene rings is 4. The van der Waals surface area contributed by atoms with Crippen LogP contribution in [0.3, 0.4) is 0 Å². The van der Waals surface area contributed by atoms with Crippen LogP contribution in [-0.4, -0.2) is 28.5 Å². The summed E-state index contributed by atoms with van der Waals surface area (Å²) in [6, 6.07) is 23.8. The number of nitrogens with zero attached hydrogens (tertiary/aromatic N) is 2. The van der Waals surface area contributed by atoms with Crippen molar-refractivity contribution in [3.05, 3.63) is 83.9 Å². The fourth-order valence-electron chi connectivity index (χ4n) is 6.67. The predicted molar refractivity (Wildman–Crippen MR) is 162 cm³/mol. The Kier molecular flexibility index (Phi) is 6.69. The van der Waals surface area contributed by atoms with E-state index in [9.17, 15) is 4.79 Å². The molecule has 204 valence electrons. The highest BCUT2D eigenvalue weighted by molar-refractivity contribution is 6.11. The molecular weight excluding hydrogens is 496 g/mol. The first kappa shape index (κ1) is 26.2. The second-order valence-electron chi connectivity index (χ2n) is 11.8. The molecule has 4 aromatic carbocycles. The predicted octanol–water partition coefficient (Wildman–Crippen LogP) is 8.52. The highest BCUT2D eigenvalue weighted by atomic mass is 16.5. The molecule has 5 nitrogen and oxygen atoms in total. The summed E-state index contributed by atoms with van der Waals surface area (Å²) in [6.07, 6.45) is 3.70. The average molecular weight is 533 g/mol. The molecule has 1 aromatic heterocycles. The number of fused-ring (bicyclic) bond motifs is 9. The van der Waals surface area contributed by atoms with Crippen LogP contribution in [-0.2, 0) is 0 Å². The van der Waals surface area contributed by atoms with E-state index in [1.165, 1.54) is 30.2 Å². The van der Waals surface area contributed by atoms with Crippen molar-refractivity contribution in [2.45, 2.75) is 58.5 Å². The molecule has 3 atom stereocenters. The number of carbonyl (C=O) groups is 1. The quantitative estimate of drug-likeness (QED) is 0.130. The third-order valence-corrected chi connectivity index (χ3v) is 8.73. The van der Waals surface area contributed by atoms with E-state index in [0.29, 0.717) is 17.4 Å². The standard InChI is InChI=1S/C26H26N2O.C9H10O2/c1-15-12-13-19-18(14-15)22-24-23(27-20-10-6-7-11-21(20)28-24)16-8-4-5-9-17(16)25(22)29-26(19,2)3;1-7(10)8-3-5-9(11-2)6-4-8/h4-11,15,18-19H,12-14H2,1-3H3;3-6H,1-2H3/t15?,18-,19?;/m0./s1. The molecule has 1 fully saturated rings. The molecule has 2 heterocycles. The Balaban J connectivity index is 0.000000223. The highest BCUT2D eigenvalue weighted by Crippen LogP contribution is 2.56. The van der Waals surface area contributed by atoms with Crippen molar-refractivity contribution in [1.82, 2.24) is 9.97 Å². The van der Waals surface area contributed by atoms with Gasteiger partial charge in [-0.05, 0) is 81.8 Å². The van der Waals surface area contributed by atoms with Crippen molar-refractivity contribution >= 4 is 38.6 Å². The van der Waals surface area contributed by atoms with Gasteiger partial charge < -0.3 is 9.47 Å². The number of rotatable bonds is 2. The average Bonchev–Trinajstić information content (AvgIpc) is 2.96. The fraction of sp³-hybridized carbons (Fsp3) is 0.343. The summed E-state index contributed by atoms with van der Waals surface area (Å²) in [5, 5.41) is 2.31. The van der Waals surface area contributed by atoms with Crippen LogP contribution in [0.1, 0.15) is 68.8 Å². The van der Waals surface area contributed by atoms with Gasteiger partial charge in [0.15, 0.2) is 5.78 Å². The van der Waals surface area contributed by atoms with Crippen LogP contribution >= 0.6 is 0 Å². The van der Waals surface area contributed by atoms with E-state index >= 15 is 0 Å². The van der Waals surface area contributed by atoms with Gasteiger partial charge in [0.25, 0.3) is 0 Å². The van der Waals surface area contributed by atoms with Crippen molar-refractivity contribution in [3.8, 4) is 11.5 Å². The molecule has 2 aliphatic rings. The number of methoxy groups -OCH3 is 1. The Morgan fingerprint density at radius 3 is 2.15 bits per heavy atom. The summed E-state index contributed by atoms with van der Waals surface area (Å²) < 4.78 is 11.7. The van der Waals surface area contributed by atoms with Gasteiger partial charge in [0.1, 0.15) is 17.1 Å². The minimum Gasteiger partial charge on any atom is -0.497 e. The van der Waals surface area contributed by atoms with Crippen LogP contribution in [0.5, 0.6) is 11.5 Å². The van der Waals surface area contributed by atoms with Crippen molar-refractivity contribution in [2.75, 3.05) is 7.11 Å². The largest absolute Gasteiger partial charge is 0.497 e. The van der Waals surface area contributed by atoms with Gasteiger partial charge in [0, 0.05) is 27.8 Å². The second kappa shape index (κ2) is 10.2. The van der Waals surface area contributed by atoms with Crippen molar-refractivity contribution in [2.24, 2.45) is 11.8 Å². The maximum absolute atomic E-state index is 10.8. The molecule has 0 saturated heterocycles. The zero-order valence-electron chi connectivity index (χ0n) is 23.9. The molecule has 5 aromatic rings. The third kappa shape index (κ3) is 4.57. The number of ketones is 1. The van der Waals surface area contributed by atoms with Gasteiger partial charge in [-0.3, -0.25) is 4.79 Å². The van der Waals surface area contributed by atoms with E-state index in [2.05, 4.69) is 57.2 Å². The van der Waals surface area contributed by atoms with Crippen LogP contribution in [0.15, 0.2) is 72.8 Å². The number of para-hydroxylation sites is 2. The SMILES string of the molecule is CC1CCC2[C@H](C1)c1c(c3ccccc3c3nc4ccccc4nc13)OC2(C)C.COc1ccc(C(C)=O)cc1. The van der Waals surface area contributed by atoms with Crippen LogP contribution < -0.4 is 9.47 Å². The molecule has 1 saturated carbocycles. The van der Waals surface area contributed by atoms with Gasteiger partial charge in [-0.15, -0.1) is 0 Å². The number of Topliss-reactive ketones (excluding diaryl/α,β-unsaturated/α-hetero) is 1. The van der Waals surface area contributed by atoms with Crippen LogP contribution in [0.25, 0.3) is 32.8 Å². The van der Waals surface area contributed by atoms with E-state index in [0.717, 1.165) is 44.9 Å². The first-order chi connectivity index (χ1) is 19.3. The lowest BCUT2D eigenvalue weighted by Crippen LogP contribution is -2.46. The zero-order valence-corrected chi connectivity index (χ0v) is 23.9. The Hall–Kier alpha value is -3.99. The van der Waals surface area contributed by atoms with E-state index in [1.807, 2.05) is 12.1 Å². The highest BCUT2D eigenvalue weighted by Gasteiger charge is 2.47. The monoisotopic (exact) mass is 532 g/mol. The topological polar surface area (TPSA) is 61.3 Å². The third-order valence-electron chi connectivity index (χ3n) is 8.73.